The van der Waals surface area contributed by atoms with Gasteiger partial charge in [-0.25, -0.2) is 0 Å². The van der Waals surface area contributed by atoms with Crippen LogP contribution in [0.4, 0.5) is 0 Å². The average molecular weight is 275 g/mol. The van der Waals surface area contributed by atoms with Gasteiger partial charge in [0.2, 0.25) is 5.91 Å². The molecule has 1 aromatic rings. The highest BCUT2D eigenvalue weighted by atomic mass is 16.2. The fraction of sp³-hybridized carbons (Fsp3) is 0.688. The van der Waals surface area contributed by atoms with E-state index in [2.05, 4.69) is 47.7 Å². The van der Waals surface area contributed by atoms with Gasteiger partial charge in [-0.2, -0.15) is 0 Å². The summed E-state index contributed by atoms with van der Waals surface area (Å²) < 4.78 is 2.34. The van der Waals surface area contributed by atoms with Gasteiger partial charge in [-0.1, -0.05) is 0 Å². The molecular formula is C16H25N3O. The highest BCUT2D eigenvalue weighted by molar-refractivity contribution is 5.86. The Labute approximate surface area is 121 Å². The first-order valence-corrected chi connectivity index (χ1v) is 7.75. The van der Waals surface area contributed by atoms with E-state index in [9.17, 15) is 4.79 Å². The van der Waals surface area contributed by atoms with Crippen LogP contribution in [0.15, 0.2) is 12.1 Å². The van der Waals surface area contributed by atoms with E-state index in [-0.39, 0.29) is 17.5 Å². The fourth-order valence-corrected chi connectivity index (χ4v) is 3.65. The quantitative estimate of drug-likeness (QED) is 0.853. The standard InChI is InChI=1S/C16H25N3O/c1-12-6-7-14-13(2)19(11-10-18(12)14)15(20)16(3)8-4-5-9-17-16/h6-7,13,17H,4-5,8-11H2,1-3H3. The van der Waals surface area contributed by atoms with Crippen molar-refractivity contribution in [2.24, 2.45) is 0 Å². The summed E-state index contributed by atoms with van der Waals surface area (Å²) in [6, 6.07) is 4.49. The minimum Gasteiger partial charge on any atom is -0.345 e. The van der Waals surface area contributed by atoms with Crippen molar-refractivity contribution in [3.8, 4) is 0 Å². The number of fused-ring (bicyclic) bond motifs is 1. The third-order valence-electron chi connectivity index (χ3n) is 5.04. The molecule has 0 aliphatic carbocycles. The van der Waals surface area contributed by atoms with Gasteiger partial charge in [0.15, 0.2) is 0 Å². The molecule has 2 aliphatic rings. The molecule has 0 spiro atoms. The van der Waals surface area contributed by atoms with E-state index >= 15 is 0 Å². The summed E-state index contributed by atoms with van der Waals surface area (Å²) in [4.78, 5) is 15.0. The second-order valence-electron chi connectivity index (χ2n) is 6.44. The molecule has 4 nitrogen and oxygen atoms in total. The largest absolute Gasteiger partial charge is 0.345 e. The van der Waals surface area contributed by atoms with Crippen molar-refractivity contribution in [1.82, 2.24) is 14.8 Å². The first kappa shape index (κ1) is 13.7. The molecule has 0 bridgehead atoms. The maximum Gasteiger partial charge on any atom is 0.243 e. The molecule has 0 aromatic carbocycles. The Morgan fingerprint density at radius 2 is 2.15 bits per heavy atom. The average Bonchev–Trinajstić information content (AvgIpc) is 2.82. The Kier molecular flexibility index (Phi) is 3.36. The Bertz CT molecular complexity index is 514. The van der Waals surface area contributed by atoms with Gasteiger partial charge in [-0.05, 0) is 58.7 Å². The number of aryl methyl sites for hydroxylation is 1. The summed E-state index contributed by atoms with van der Waals surface area (Å²) in [6.45, 7) is 9.05. The number of piperidine rings is 1. The maximum atomic E-state index is 13.0. The predicted octanol–water partition coefficient (Wildman–Crippen LogP) is 2.23. The zero-order chi connectivity index (χ0) is 14.3. The fourth-order valence-electron chi connectivity index (χ4n) is 3.65. The number of carbonyl (C=O) groups is 1. The molecule has 2 atom stereocenters. The van der Waals surface area contributed by atoms with E-state index in [1.807, 2.05) is 0 Å². The number of hydrogen-bond donors (Lipinski definition) is 1. The Hall–Kier alpha value is -1.29. The molecule has 3 rings (SSSR count). The van der Waals surface area contributed by atoms with E-state index in [1.54, 1.807) is 0 Å². The molecule has 2 aliphatic heterocycles. The van der Waals surface area contributed by atoms with Crippen molar-refractivity contribution in [3.05, 3.63) is 23.5 Å². The van der Waals surface area contributed by atoms with Crippen molar-refractivity contribution < 1.29 is 4.79 Å². The molecule has 110 valence electrons. The Morgan fingerprint density at radius 1 is 1.35 bits per heavy atom. The zero-order valence-electron chi connectivity index (χ0n) is 12.8. The lowest BCUT2D eigenvalue weighted by Gasteiger charge is -2.42. The van der Waals surface area contributed by atoms with Gasteiger partial charge >= 0.3 is 0 Å². The third-order valence-corrected chi connectivity index (χ3v) is 5.04. The zero-order valence-corrected chi connectivity index (χ0v) is 12.8. The molecule has 1 amide bonds. The topological polar surface area (TPSA) is 37.3 Å². The smallest absolute Gasteiger partial charge is 0.243 e. The Morgan fingerprint density at radius 3 is 2.85 bits per heavy atom. The third kappa shape index (κ3) is 2.06. The minimum absolute atomic E-state index is 0.172. The normalized spacial score (nSPS) is 30.1. The summed E-state index contributed by atoms with van der Waals surface area (Å²) in [5, 5.41) is 3.44. The highest BCUT2D eigenvalue weighted by Gasteiger charge is 2.40. The molecule has 2 unspecified atom stereocenters. The highest BCUT2D eigenvalue weighted by Crippen LogP contribution is 2.31. The van der Waals surface area contributed by atoms with Crippen LogP contribution >= 0.6 is 0 Å². The number of nitrogens with zero attached hydrogens (tertiary/aromatic N) is 2. The minimum atomic E-state index is -0.365. The van der Waals surface area contributed by atoms with E-state index in [0.29, 0.717) is 0 Å². The number of rotatable bonds is 1. The predicted molar refractivity (Wildman–Crippen MR) is 79.6 cm³/mol. The molecule has 1 N–H and O–H groups in total. The molecule has 1 aromatic heterocycles. The van der Waals surface area contributed by atoms with Crippen molar-refractivity contribution in [2.45, 2.75) is 58.2 Å². The summed E-state index contributed by atoms with van der Waals surface area (Å²) in [6.07, 6.45) is 3.28. The van der Waals surface area contributed by atoms with Gasteiger partial charge in [0.05, 0.1) is 11.6 Å². The van der Waals surface area contributed by atoms with E-state index in [0.717, 1.165) is 32.5 Å². The van der Waals surface area contributed by atoms with E-state index in [1.165, 1.54) is 17.8 Å². The van der Waals surface area contributed by atoms with Crippen LogP contribution < -0.4 is 5.32 Å². The monoisotopic (exact) mass is 275 g/mol. The van der Waals surface area contributed by atoms with Gasteiger partial charge in [-0.15, -0.1) is 0 Å². The van der Waals surface area contributed by atoms with E-state index in [4.69, 9.17) is 0 Å². The van der Waals surface area contributed by atoms with Crippen LogP contribution in [0.1, 0.15) is 50.5 Å². The molecule has 4 heteroatoms. The van der Waals surface area contributed by atoms with Crippen LogP contribution in [0.2, 0.25) is 0 Å². The number of aromatic nitrogens is 1. The number of hydrogen-bond acceptors (Lipinski definition) is 2. The SMILES string of the molecule is Cc1ccc2n1CCN(C(=O)C1(C)CCCCN1)C2C. The summed E-state index contributed by atoms with van der Waals surface area (Å²) in [7, 11) is 0. The second-order valence-corrected chi connectivity index (χ2v) is 6.44. The van der Waals surface area contributed by atoms with Gasteiger partial charge < -0.3 is 14.8 Å². The maximum absolute atomic E-state index is 13.0. The van der Waals surface area contributed by atoms with Crippen LogP contribution in [0.25, 0.3) is 0 Å². The van der Waals surface area contributed by atoms with Crippen LogP contribution in [-0.4, -0.2) is 34.0 Å². The van der Waals surface area contributed by atoms with Crippen LogP contribution in [-0.2, 0) is 11.3 Å². The molecule has 1 saturated heterocycles. The first-order chi connectivity index (χ1) is 9.53. The first-order valence-electron chi connectivity index (χ1n) is 7.75. The van der Waals surface area contributed by atoms with Gasteiger partial charge in [0.1, 0.15) is 0 Å². The van der Waals surface area contributed by atoms with Gasteiger partial charge in [-0.3, -0.25) is 4.79 Å². The molecular weight excluding hydrogens is 250 g/mol. The van der Waals surface area contributed by atoms with Gasteiger partial charge in [0.25, 0.3) is 0 Å². The van der Waals surface area contributed by atoms with Crippen LogP contribution in [0, 0.1) is 6.92 Å². The molecule has 20 heavy (non-hydrogen) atoms. The van der Waals surface area contributed by atoms with Gasteiger partial charge in [0, 0.05) is 24.5 Å². The summed E-state index contributed by atoms with van der Waals surface area (Å²) in [5.74, 6) is 0.273. The van der Waals surface area contributed by atoms with Crippen molar-refractivity contribution >= 4 is 5.91 Å². The molecule has 0 saturated carbocycles. The van der Waals surface area contributed by atoms with Crippen LogP contribution in [0.5, 0.6) is 0 Å². The second kappa shape index (κ2) is 4.92. The van der Waals surface area contributed by atoms with Crippen molar-refractivity contribution in [1.29, 1.82) is 0 Å². The van der Waals surface area contributed by atoms with Crippen LogP contribution in [0.3, 0.4) is 0 Å². The molecule has 1 fully saturated rings. The lowest BCUT2D eigenvalue weighted by atomic mass is 9.88. The van der Waals surface area contributed by atoms with E-state index < -0.39 is 0 Å². The summed E-state index contributed by atoms with van der Waals surface area (Å²) >= 11 is 0. The Balaban J connectivity index is 1.83. The number of amides is 1. The lowest BCUT2D eigenvalue weighted by Crippen LogP contribution is -2.59. The van der Waals surface area contributed by atoms with Crippen molar-refractivity contribution in [3.63, 3.8) is 0 Å². The lowest BCUT2D eigenvalue weighted by molar-refractivity contribution is -0.142. The van der Waals surface area contributed by atoms with Crippen molar-refractivity contribution in [2.75, 3.05) is 13.1 Å². The number of nitrogens with one attached hydrogen (secondary N) is 1. The molecule has 0 radical (unpaired) electrons. The number of carbonyl (C=O) groups excluding carboxylic acids is 1. The molecule has 3 heterocycles. The summed E-state index contributed by atoms with van der Waals surface area (Å²) in [5.41, 5.74) is 2.19.